The molecule has 2 aromatic heterocycles. The number of alkyl halides is 1. The minimum absolute atomic E-state index is 0.0224. The summed E-state index contributed by atoms with van der Waals surface area (Å²) >= 11 is 0. The van der Waals surface area contributed by atoms with E-state index >= 15 is 4.39 Å². The summed E-state index contributed by atoms with van der Waals surface area (Å²) in [7, 11) is -2.99. The Morgan fingerprint density at radius 3 is 2.54 bits per heavy atom. The number of carbonyl (C=O) groups excluding carboxylic acids is 1. The lowest BCUT2D eigenvalue weighted by Gasteiger charge is -2.26. The van der Waals surface area contributed by atoms with Crippen LogP contribution in [0, 0.1) is 12.3 Å². The Balaban J connectivity index is 1.27. The topological polar surface area (TPSA) is 169 Å². The second-order valence-corrected chi connectivity index (χ2v) is 13.5. The van der Waals surface area contributed by atoms with Crippen LogP contribution < -0.4 is 20.1 Å². The lowest BCUT2D eigenvalue weighted by atomic mass is 9.98. The van der Waals surface area contributed by atoms with Crippen LogP contribution >= 0.6 is 7.75 Å². The van der Waals surface area contributed by atoms with Gasteiger partial charge in [-0.25, -0.2) is 18.9 Å². The van der Waals surface area contributed by atoms with Gasteiger partial charge < -0.3 is 34.1 Å². The predicted molar refractivity (Wildman–Crippen MR) is 183 cm³/mol. The molecule has 50 heavy (non-hydrogen) atoms. The molecule has 0 amide bonds. The zero-order chi connectivity index (χ0) is 35.6. The average molecular weight is 704 g/mol. The van der Waals surface area contributed by atoms with E-state index in [0.717, 1.165) is 12.5 Å². The number of nitrogens with one attached hydrogen (secondary N) is 1. The number of aliphatic hydroxyl groups is 1. The van der Waals surface area contributed by atoms with Gasteiger partial charge in [-0.05, 0) is 31.5 Å². The Morgan fingerprint density at radius 2 is 1.84 bits per heavy atom. The maximum atomic E-state index is 16.3. The van der Waals surface area contributed by atoms with Crippen LogP contribution in [0.25, 0.3) is 21.8 Å². The van der Waals surface area contributed by atoms with Gasteiger partial charge in [-0.3, -0.25) is 9.32 Å². The fourth-order valence-corrected chi connectivity index (χ4v) is 7.30. The lowest BCUT2D eigenvalue weighted by molar-refractivity contribution is -0.146. The standard InChI is InChI=1S/C35H35FN5O8P/c1-5-23-17-41(32-29(23)31(37)38-20-39-32)34-35(3,36)30(42)28(48-34)19-47-50(44,40-21(2)33(43)46-18-22-11-7-6-8-12-22)49-27-16-15-26(45-4)24-13-9-10-14-25(24)27/h1,6-17,20-21,28,30,34,42H,18-19H2,2-4H3,(H,40,44)(H2,37,38,39)/t21?,28-,30-,34-,35-,50?/m1/s1. The van der Waals surface area contributed by atoms with E-state index in [0.29, 0.717) is 27.5 Å². The highest BCUT2D eigenvalue weighted by atomic mass is 31.2. The van der Waals surface area contributed by atoms with Gasteiger partial charge in [-0.2, -0.15) is 5.09 Å². The number of halogens is 1. The number of nitrogens with zero attached hydrogens (tertiary/aromatic N) is 3. The summed E-state index contributed by atoms with van der Waals surface area (Å²) in [5, 5.41) is 15.3. The summed E-state index contributed by atoms with van der Waals surface area (Å²) in [6, 6.07) is 18.1. The van der Waals surface area contributed by atoms with Crippen molar-refractivity contribution in [2.24, 2.45) is 0 Å². The molecule has 0 saturated carbocycles. The van der Waals surface area contributed by atoms with Crippen LogP contribution in [0.1, 0.15) is 31.2 Å². The van der Waals surface area contributed by atoms with Gasteiger partial charge in [0.15, 0.2) is 11.9 Å². The maximum Gasteiger partial charge on any atom is 0.459 e. The maximum absolute atomic E-state index is 16.3. The summed E-state index contributed by atoms with van der Waals surface area (Å²) in [4.78, 5) is 21.2. The molecule has 260 valence electrons. The Bertz CT molecular complexity index is 2120. The highest BCUT2D eigenvalue weighted by molar-refractivity contribution is 7.52. The van der Waals surface area contributed by atoms with Crippen molar-refractivity contribution in [2.75, 3.05) is 19.5 Å². The van der Waals surface area contributed by atoms with E-state index in [1.54, 1.807) is 48.5 Å². The molecule has 3 aromatic carbocycles. The number of anilines is 1. The first-order valence-electron chi connectivity index (χ1n) is 15.5. The molecule has 1 aliphatic heterocycles. The number of nitrogen functional groups attached to an aromatic ring is 1. The van der Waals surface area contributed by atoms with E-state index in [4.69, 9.17) is 35.4 Å². The Hall–Kier alpha value is -5.03. The van der Waals surface area contributed by atoms with Crippen molar-refractivity contribution in [3.05, 3.63) is 90.4 Å². The van der Waals surface area contributed by atoms with E-state index in [-0.39, 0.29) is 23.8 Å². The fraction of sp³-hybridized carbons (Fsp3) is 0.286. The van der Waals surface area contributed by atoms with E-state index in [2.05, 4.69) is 21.0 Å². The number of terminal acetylenes is 1. The van der Waals surface area contributed by atoms with Crippen molar-refractivity contribution in [3.63, 3.8) is 0 Å². The number of hydrogen-bond donors (Lipinski definition) is 3. The molecular formula is C35H35FN5O8P. The van der Waals surface area contributed by atoms with Crippen LogP contribution in [0.2, 0.25) is 0 Å². The first kappa shape index (κ1) is 34.8. The molecule has 0 bridgehead atoms. The number of hydrogen-bond acceptors (Lipinski definition) is 11. The second kappa shape index (κ2) is 14.1. The van der Waals surface area contributed by atoms with Crippen LogP contribution in [-0.4, -0.2) is 63.2 Å². The van der Waals surface area contributed by atoms with E-state index in [1.165, 1.54) is 31.1 Å². The Morgan fingerprint density at radius 1 is 1.16 bits per heavy atom. The van der Waals surface area contributed by atoms with Crippen molar-refractivity contribution in [1.82, 2.24) is 19.6 Å². The van der Waals surface area contributed by atoms with Gasteiger partial charge in [0.1, 0.15) is 54.1 Å². The molecule has 3 heterocycles. The molecule has 2 unspecified atom stereocenters. The predicted octanol–water partition coefficient (Wildman–Crippen LogP) is 5.07. The number of fused-ring (bicyclic) bond motifs is 2. The summed E-state index contributed by atoms with van der Waals surface area (Å²) in [5.41, 5.74) is 4.86. The highest BCUT2D eigenvalue weighted by Crippen LogP contribution is 2.50. The van der Waals surface area contributed by atoms with Crippen LogP contribution in [-0.2, 0) is 30.0 Å². The SMILES string of the molecule is C#Cc1cn([C@@H]2O[C@H](COP(=O)(NC(C)C(=O)OCc3ccccc3)Oc3ccc(OC)c4ccccc34)[C@@H](O)[C@@]2(C)F)c2ncnc(N)c12. The first-order chi connectivity index (χ1) is 24.0. The van der Waals surface area contributed by atoms with Gasteiger partial charge in [0.2, 0.25) is 0 Å². The summed E-state index contributed by atoms with van der Waals surface area (Å²) in [6.07, 6.45) is 3.71. The normalized spacial score (nSPS) is 22.1. The molecule has 5 aromatic rings. The molecule has 1 aliphatic rings. The van der Waals surface area contributed by atoms with E-state index in [1.807, 2.05) is 18.2 Å². The second-order valence-electron chi connectivity index (χ2n) is 11.8. The van der Waals surface area contributed by atoms with E-state index in [9.17, 15) is 14.5 Å². The van der Waals surface area contributed by atoms with Crippen LogP contribution in [0.15, 0.2) is 79.3 Å². The third kappa shape index (κ3) is 6.74. The minimum Gasteiger partial charge on any atom is -0.496 e. The molecular weight excluding hydrogens is 668 g/mol. The van der Waals surface area contributed by atoms with Gasteiger partial charge in [0, 0.05) is 17.0 Å². The Labute approximate surface area is 287 Å². The molecule has 0 spiro atoms. The van der Waals surface area contributed by atoms with Gasteiger partial charge in [-0.1, -0.05) is 60.5 Å². The van der Waals surface area contributed by atoms with Crippen LogP contribution in [0.5, 0.6) is 11.5 Å². The number of ether oxygens (including phenoxy) is 3. The summed E-state index contributed by atoms with van der Waals surface area (Å²) in [5.74, 6) is 2.52. The smallest absolute Gasteiger partial charge is 0.459 e. The zero-order valence-corrected chi connectivity index (χ0v) is 28.3. The third-order valence-corrected chi connectivity index (χ3v) is 10.0. The number of methoxy groups -OCH3 is 1. The number of nitrogens with two attached hydrogens (primary N) is 1. The molecule has 6 rings (SSSR count). The molecule has 1 fully saturated rings. The molecule has 6 atom stereocenters. The molecule has 0 radical (unpaired) electrons. The quantitative estimate of drug-likeness (QED) is 0.0898. The van der Waals surface area contributed by atoms with Crippen molar-refractivity contribution in [2.45, 2.75) is 50.6 Å². The minimum atomic E-state index is -4.51. The number of carbonyl (C=O) groups is 1. The summed E-state index contributed by atoms with van der Waals surface area (Å²) in [6.45, 7) is 1.93. The molecule has 4 N–H and O–H groups in total. The lowest BCUT2D eigenvalue weighted by Crippen LogP contribution is -2.41. The fourth-order valence-electron chi connectivity index (χ4n) is 5.78. The van der Waals surface area contributed by atoms with Gasteiger partial charge in [-0.15, -0.1) is 6.42 Å². The zero-order valence-electron chi connectivity index (χ0n) is 27.4. The number of aromatic nitrogens is 3. The number of aliphatic hydroxyl groups excluding tert-OH is 1. The molecule has 13 nitrogen and oxygen atoms in total. The molecule has 15 heteroatoms. The number of rotatable bonds is 12. The third-order valence-electron chi connectivity index (χ3n) is 8.38. The van der Waals surface area contributed by atoms with Crippen molar-refractivity contribution in [1.29, 1.82) is 0 Å². The number of esters is 1. The van der Waals surface area contributed by atoms with Crippen molar-refractivity contribution >= 4 is 41.3 Å². The number of benzene rings is 3. The Kier molecular flexibility index (Phi) is 9.80. The first-order valence-corrected chi connectivity index (χ1v) is 17.1. The van der Waals surface area contributed by atoms with Crippen LogP contribution in [0.3, 0.4) is 0 Å². The molecule has 0 aliphatic carbocycles. The van der Waals surface area contributed by atoms with E-state index < -0.39 is 50.5 Å². The van der Waals surface area contributed by atoms with Crippen molar-refractivity contribution < 1.29 is 42.1 Å². The molecule has 1 saturated heterocycles. The van der Waals surface area contributed by atoms with Gasteiger partial charge >= 0.3 is 13.7 Å². The van der Waals surface area contributed by atoms with Crippen molar-refractivity contribution in [3.8, 4) is 23.8 Å². The monoisotopic (exact) mass is 703 g/mol. The average Bonchev–Trinajstić information content (AvgIpc) is 3.60. The highest BCUT2D eigenvalue weighted by Gasteiger charge is 2.56. The summed E-state index contributed by atoms with van der Waals surface area (Å²) < 4.78 is 60.9. The van der Waals surface area contributed by atoms with Gasteiger partial charge in [0.25, 0.3) is 0 Å². The van der Waals surface area contributed by atoms with Gasteiger partial charge in [0.05, 0.1) is 24.7 Å². The largest absolute Gasteiger partial charge is 0.496 e. The van der Waals surface area contributed by atoms with Crippen LogP contribution in [0.4, 0.5) is 10.2 Å².